The number of fused-ring (bicyclic) bond motifs is 1. The Morgan fingerprint density at radius 2 is 1.95 bits per heavy atom. The molecule has 0 aliphatic carbocycles. The number of nitrogens with zero attached hydrogens (tertiary/aromatic N) is 1. The maximum Gasteiger partial charge on any atom is 0.416 e. The Morgan fingerprint density at radius 1 is 1.23 bits per heavy atom. The molecule has 1 aliphatic rings. The zero-order valence-corrected chi connectivity index (χ0v) is 11.4. The summed E-state index contributed by atoms with van der Waals surface area (Å²) in [6, 6.07) is 4.08. The van der Waals surface area contributed by atoms with Crippen LogP contribution in [-0.4, -0.2) is 22.6 Å². The van der Waals surface area contributed by atoms with Crippen LogP contribution in [0.25, 0.3) is 0 Å². The van der Waals surface area contributed by atoms with Crippen molar-refractivity contribution in [2.24, 2.45) is 0 Å². The smallest absolute Gasteiger partial charge is 0.311 e. The van der Waals surface area contributed by atoms with Gasteiger partial charge in [-0.15, -0.1) is 0 Å². The highest BCUT2D eigenvalue weighted by molar-refractivity contribution is 6.04. The van der Waals surface area contributed by atoms with E-state index in [-0.39, 0.29) is 5.56 Å². The predicted molar refractivity (Wildman–Crippen MR) is 73.4 cm³/mol. The third-order valence-corrected chi connectivity index (χ3v) is 3.51. The summed E-state index contributed by atoms with van der Waals surface area (Å²) >= 11 is 0. The summed E-state index contributed by atoms with van der Waals surface area (Å²) in [5, 5.41) is 12.7. The van der Waals surface area contributed by atoms with E-state index in [0.717, 1.165) is 48.5 Å². The highest BCUT2D eigenvalue weighted by Crippen LogP contribution is 2.29. The number of aromatic nitrogens is 2. The molecule has 3 rings (SSSR count). The second-order valence-corrected chi connectivity index (χ2v) is 4.99. The van der Waals surface area contributed by atoms with Gasteiger partial charge in [0.15, 0.2) is 5.82 Å². The highest BCUT2D eigenvalue weighted by Gasteiger charge is 2.30. The van der Waals surface area contributed by atoms with Crippen molar-refractivity contribution < 1.29 is 18.0 Å². The largest absolute Gasteiger partial charge is 0.416 e. The minimum atomic E-state index is -4.41. The third-order valence-electron chi connectivity index (χ3n) is 3.51. The molecule has 116 valence electrons. The first-order chi connectivity index (χ1) is 10.4. The number of amides is 1. The quantitative estimate of drug-likeness (QED) is 0.797. The van der Waals surface area contributed by atoms with E-state index in [1.807, 2.05) is 0 Å². The average Bonchev–Trinajstić information content (AvgIpc) is 2.90. The Hall–Kier alpha value is -2.35. The van der Waals surface area contributed by atoms with Gasteiger partial charge in [0.25, 0.3) is 5.91 Å². The fourth-order valence-corrected chi connectivity index (χ4v) is 2.34. The summed E-state index contributed by atoms with van der Waals surface area (Å²) < 4.78 is 37.5. The van der Waals surface area contributed by atoms with Crippen molar-refractivity contribution in [2.45, 2.75) is 19.1 Å². The van der Waals surface area contributed by atoms with Gasteiger partial charge in [-0.3, -0.25) is 9.89 Å². The van der Waals surface area contributed by atoms with Crippen LogP contribution in [0, 0.1) is 0 Å². The summed E-state index contributed by atoms with van der Waals surface area (Å²) in [4.78, 5) is 12.1. The van der Waals surface area contributed by atoms with Gasteiger partial charge >= 0.3 is 6.18 Å². The minimum Gasteiger partial charge on any atom is -0.311 e. The number of halogens is 3. The van der Waals surface area contributed by atoms with E-state index in [9.17, 15) is 18.0 Å². The summed E-state index contributed by atoms with van der Waals surface area (Å²) in [6.45, 7) is 1.44. The molecule has 3 N–H and O–H groups in total. The minimum absolute atomic E-state index is 0.152. The van der Waals surface area contributed by atoms with Gasteiger partial charge in [0.2, 0.25) is 0 Å². The Morgan fingerprint density at radius 3 is 2.64 bits per heavy atom. The highest BCUT2D eigenvalue weighted by atomic mass is 19.4. The van der Waals surface area contributed by atoms with E-state index in [4.69, 9.17) is 0 Å². The molecule has 0 spiro atoms. The van der Waals surface area contributed by atoms with Crippen LogP contribution in [-0.2, 0) is 19.1 Å². The van der Waals surface area contributed by atoms with E-state index in [1.165, 1.54) is 0 Å². The average molecular weight is 310 g/mol. The number of hydrogen-bond acceptors (Lipinski definition) is 3. The van der Waals surface area contributed by atoms with Gasteiger partial charge in [-0.25, -0.2) is 0 Å². The van der Waals surface area contributed by atoms with Crippen LogP contribution in [0.15, 0.2) is 24.3 Å². The summed E-state index contributed by atoms with van der Waals surface area (Å²) in [5.74, 6) is -0.0528. The molecule has 0 bridgehead atoms. The molecule has 2 heterocycles. The summed E-state index contributed by atoms with van der Waals surface area (Å²) in [6.07, 6.45) is -3.68. The topological polar surface area (TPSA) is 69.8 Å². The van der Waals surface area contributed by atoms with Gasteiger partial charge in [-0.2, -0.15) is 18.3 Å². The van der Waals surface area contributed by atoms with Gasteiger partial charge in [-0.1, -0.05) is 0 Å². The molecule has 22 heavy (non-hydrogen) atoms. The van der Waals surface area contributed by atoms with E-state index in [1.54, 1.807) is 0 Å². The van der Waals surface area contributed by atoms with Crippen molar-refractivity contribution in [2.75, 3.05) is 11.9 Å². The normalized spacial score (nSPS) is 14.5. The number of carbonyl (C=O) groups is 1. The molecule has 0 fully saturated rings. The molecule has 8 heteroatoms. The van der Waals surface area contributed by atoms with Crippen molar-refractivity contribution in [3.05, 3.63) is 46.6 Å². The van der Waals surface area contributed by atoms with Crippen LogP contribution < -0.4 is 10.6 Å². The van der Waals surface area contributed by atoms with Crippen molar-refractivity contribution in [3.63, 3.8) is 0 Å². The number of alkyl halides is 3. The van der Waals surface area contributed by atoms with Crippen LogP contribution in [0.1, 0.15) is 27.2 Å². The standard InChI is InChI=1S/C14H13F3N4O/c15-14(16,17)9-3-1-8(2-4-9)13(22)19-12-10-5-6-18-7-11(10)20-21-12/h1-4,18H,5-7H2,(H2,19,20,21,22). The lowest BCUT2D eigenvalue weighted by Crippen LogP contribution is -2.24. The third kappa shape index (κ3) is 2.82. The number of nitrogens with one attached hydrogen (secondary N) is 3. The van der Waals surface area contributed by atoms with E-state index in [2.05, 4.69) is 20.8 Å². The van der Waals surface area contributed by atoms with Crippen molar-refractivity contribution >= 4 is 11.7 Å². The van der Waals surface area contributed by atoms with Gasteiger partial charge < -0.3 is 10.6 Å². The Kier molecular flexibility index (Phi) is 3.61. The molecular formula is C14H13F3N4O. The second kappa shape index (κ2) is 5.45. The lowest BCUT2D eigenvalue weighted by Gasteiger charge is -2.13. The first kappa shape index (κ1) is 14.6. The van der Waals surface area contributed by atoms with Crippen LogP contribution in [0.5, 0.6) is 0 Å². The van der Waals surface area contributed by atoms with Gasteiger partial charge in [0.1, 0.15) is 0 Å². The molecule has 0 radical (unpaired) electrons. The molecule has 1 amide bonds. The van der Waals surface area contributed by atoms with Gasteiger partial charge in [0, 0.05) is 17.7 Å². The molecule has 1 aromatic heterocycles. The predicted octanol–water partition coefficient (Wildman–Crippen LogP) is 2.33. The van der Waals surface area contributed by atoms with Crippen LogP contribution in [0.3, 0.4) is 0 Å². The first-order valence-corrected chi connectivity index (χ1v) is 6.70. The Balaban J connectivity index is 1.76. The fraction of sp³-hybridized carbons (Fsp3) is 0.286. The monoisotopic (exact) mass is 310 g/mol. The summed E-state index contributed by atoms with van der Waals surface area (Å²) in [5.41, 5.74) is 1.21. The van der Waals surface area contributed by atoms with Crippen molar-refractivity contribution in [1.29, 1.82) is 0 Å². The number of H-pyrrole nitrogens is 1. The number of hydrogen-bond donors (Lipinski definition) is 3. The zero-order valence-electron chi connectivity index (χ0n) is 11.4. The molecule has 1 aromatic carbocycles. The lowest BCUT2D eigenvalue weighted by atomic mass is 10.1. The maximum atomic E-state index is 12.5. The van der Waals surface area contributed by atoms with E-state index < -0.39 is 17.6 Å². The zero-order chi connectivity index (χ0) is 15.7. The molecule has 0 saturated carbocycles. The molecule has 5 nitrogen and oxygen atoms in total. The van der Waals surface area contributed by atoms with E-state index in [0.29, 0.717) is 12.4 Å². The van der Waals surface area contributed by atoms with Crippen molar-refractivity contribution in [1.82, 2.24) is 15.5 Å². The number of anilines is 1. The van der Waals surface area contributed by atoms with Crippen LogP contribution in [0.2, 0.25) is 0 Å². The first-order valence-electron chi connectivity index (χ1n) is 6.70. The van der Waals surface area contributed by atoms with Crippen molar-refractivity contribution in [3.8, 4) is 0 Å². The fourth-order valence-electron chi connectivity index (χ4n) is 2.34. The number of rotatable bonds is 2. The number of aromatic amines is 1. The summed E-state index contributed by atoms with van der Waals surface area (Å²) in [7, 11) is 0. The molecule has 1 aliphatic heterocycles. The molecular weight excluding hydrogens is 297 g/mol. The molecule has 2 aromatic rings. The SMILES string of the molecule is O=C(Nc1n[nH]c2c1CCNC2)c1ccc(C(F)(F)F)cc1. The molecule has 0 unspecified atom stereocenters. The molecule has 0 atom stereocenters. The second-order valence-electron chi connectivity index (χ2n) is 4.99. The Labute approximate surface area is 123 Å². The maximum absolute atomic E-state index is 12.5. The lowest BCUT2D eigenvalue weighted by molar-refractivity contribution is -0.137. The van der Waals surface area contributed by atoms with Crippen LogP contribution in [0.4, 0.5) is 19.0 Å². The van der Waals surface area contributed by atoms with Crippen LogP contribution >= 0.6 is 0 Å². The van der Waals surface area contributed by atoms with Gasteiger partial charge in [-0.05, 0) is 37.2 Å². The van der Waals surface area contributed by atoms with E-state index >= 15 is 0 Å². The number of carbonyl (C=O) groups excluding carboxylic acids is 1. The Bertz CT molecular complexity index is 691. The number of benzene rings is 1. The van der Waals surface area contributed by atoms with Gasteiger partial charge in [0.05, 0.1) is 11.3 Å². The molecule has 0 saturated heterocycles.